The van der Waals surface area contributed by atoms with Crippen molar-refractivity contribution < 1.29 is 0 Å². The topological polar surface area (TPSA) is 38.0 Å². The Hall–Kier alpha value is -0.0800. The Labute approximate surface area is 69.5 Å². The smallest absolute Gasteiger partial charge is 0.0335 e. The van der Waals surface area contributed by atoms with Crippen molar-refractivity contribution in [2.75, 3.05) is 6.54 Å². The van der Waals surface area contributed by atoms with Gasteiger partial charge in [-0.25, -0.2) is 0 Å². The van der Waals surface area contributed by atoms with Crippen LogP contribution in [0.1, 0.15) is 33.6 Å². The highest BCUT2D eigenvalue weighted by Crippen LogP contribution is 2.42. The van der Waals surface area contributed by atoms with Crippen LogP contribution in [0, 0.1) is 5.92 Å². The van der Waals surface area contributed by atoms with Gasteiger partial charge in [-0.1, -0.05) is 13.8 Å². The zero-order chi connectivity index (χ0) is 8.48. The number of nitrogens with one attached hydrogen (secondary N) is 1. The second-order valence-corrected chi connectivity index (χ2v) is 3.92. The Morgan fingerprint density at radius 1 is 1.73 bits per heavy atom. The van der Waals surface area contributed by atoms with E-state index in [9.17, 15) is 0 Å². The minimum Gasteiger partial charge on any atom is -0.329 e. The molecule has 1 aliphatic carbocycles. The Morgan fingerprint density at radius 3 is 2.55 bits per heavy atom. The quantitative estimate of drug-likeness (QED) is 0.640. The van der Waals surface area contributed by atoms with E-state index in [0.717, 1.165) is 12.5 Å². The minimum atomic E-state index is 0.301. The third-order valence-electron chi connectivity index (χ3n) is 2.96. The van der Waals surface area contributed by atoms with Gasteiger partial charge in [0.15, 0.2) is 0 Å². The Balaban J connectivity index is 2.35. The van der Waals surface area contributed by atoms with Crippen LogP contribution in [0.15, 0.2) is 0 Å². The van der Waals surface area contributed by atoms with Crippen LogP contribution in [-0.4, -0.2) is 18.1 Å². The molecule has 0 aromatic rings. The van der Waals surface area contributed by atoms with E-state index in [-0.39, 0.29) is 0 Å². The normalized spacial score (nSPS) is 38.7. The van der Waals surface area contributed by atoms with Crippen LogP contribution >= 0.6 is 0 Å². The van der Waals surface area contributed by atoms with Gasteiger partial charge in [0.2, 0.25) is 0 Å². The fourth-order valence-corrected chi connectivity index (χ4v) is 1.62. The first-order chi connectivity index (χ1) is 5.14. The van der Waals surface area contributed by atoms with E-state index in [1.807, 2.05) is 0 Å². The van der Waals surface area contributed by atoms with Crippen LogP contribution in [-0.2, 0) is 0 Å². The van der Waals surface area contributed by atoms with Crippen LogP contribution in [0.4, 0.5) is 0 Å². The molecular formula is C9H20N2. The standard InChI is InChI=1S/C9H20N2/c1-4-8(3)11-9(6-10)5-7(9)2/h7-8,11H,4-6,10H2,1-3H3. The number of hydrogen-bond acceptors (Lipinski definition) is 2. The summed E-state index contributed by atoms with van der Waals surface area (Å²) in [5, 5.41) is 3.59. The van der Waals surface area contributed by atoms with Crippen LogP contribution < -0.4 is 11.1 Å². The molecule has 2 nitrogen and oxygen atoms in total. The summed E-state index contributed by atoms with van der Waals surface area (Å²) in [6.07, 6.45) is 2.45. The summed E-state index contributed by atoms with van der Waals surface area (Å²) < 4.78 is 0. The summed E-state index contributed by atoms with van der Waals surface area (Å²) in [7, 11) is 0. The molecule has 2 heteroatoms. The Kier molecular flexibility index (Phi) is 2.55. The van der Waals surface area contributed by atoms with Gasteiger partial charge in [-0.15, -0.1) is 0 Å². The SMILES string of the molecule is CCC(C)NC1(CN)CC1C. The van der Waals surface area contributed by atoms with Crippen molar-refractivity contribution in [1.29, 1.82) is 0 Å². The summed E-state index contributed by atoms with van der Waals surface area (Å²) in [5.74, 6) is 0.779. The third kappa shape index (κ3) is 1.74. The van der Waals surface area contributed by atoms with Gasteiger partial charge in [0.1, 0.15) is 0 Å². The molecule has 0 heterocycles. The van der Waals surface area contributed by atoms with E-state index in [1.165, 1.54) is 12.8 Å². The lowest BCUT2D eigenvalue weighted by Gasteiger charge is -2.21. The van der Waals surface area contributed by atoms with Crippen molar-refractivity contribution in [1.82, 2.24) is 5.32 Å². The van der Waals surface area contributed by atoms with Crippen LogP contribution in [0.3, 0.4) is 0 Å². The van der Waals surface area contributed by atoms with Crippen molar-refractivity contribution in [3.63, 3.8) is 0 Å². The lowest BCUT2D eigenvalue weighted by Crippen LogP contribution is -2.44. The average molecular weight is 156 g/mol. The highest BCUT2D eigenvalue weighted by molar-refractivity contribution is 5.09. The second kappa shape index (κ2) is 3.11. The molecule has 0 spiro atoms. The van der Waals surface area contributed by atoms with Gasteiger partial charge in [0.25, 0.3) is 0 Å². The van der Waals surface area contributed by atoms with Crippen molar-refractivity contribution >= 4 is 0 Å². The van der Waals surface area contributed by atoms with Gasteiger partial charge in [-0.2, -0.15) is 0 Å². The second-order valence-electron chi connectivity index (χ2n) is 3.92. The summed E-state index contributed by atoms with van der Waals surface area (Å²) in [6, 6.07) is 0.614. The lowest BCUT2D eigenvalue weighted by atomic mass is 10.1. The summed E-state index contributed by atoms with van der Waals surface area (Å²) >= 11 is 0. The van der Waals surface area contributed by atoms with Crippen LogP contribution in [0.5, 0.6) is 0 Å². The third-order valence-corrected chi connectivity index (χ3v) is 2.96. The molecule has 0 aromatic carbocycles. The average Bonchev–Trinajstić information content (AvgIpc) is 2.62. The summed E-state index contributed by atoms with van der Waals surface area (Å²) in [4.78, 5) is 0. The molecule has 1 fully saturated rings. The molecule has 66 valence electrons. The largest absolute Gasteiger partial charge is 0.329 e. The van der Waals surface area contributed by atoms with Gasteiger partial charge in [0, 0.05) is 18.1 Å². The molecule has 1 saturated carbocycles. The highest BCUT2D eigenvalue weighted by Gasteiger charge is 2.49. The molecule has 3 atom stereocenters. The molecule has 0 bridgehead atoms. The molecular weight excluding hydrogens is 136 g/mol. The first kappa shape index (κ1) is 9.01. The lowest BCUT2D eigenvalue weighted by molar-refractivity contribution is 0.405. The molecule has 1 aliphatic rings. The van der Waals surface area contributed by atoms with Gasteiger partial charge in [0.05, 0.1) is 0 Å². The fourth-order valence-electron chi connectivity index (χ4n) is 1.62. The number of rotatable bonds is 4. The Morgan fingerprint density at radius 2 is 2.27 bits per heavy atom. The molecule has 0 amide bonds. The van der Waals surface area contributed by atoms with Gasteiger partial charge < -0.3 is 11.1 Å². The highest BCUT2D eigenvalue weighted by atomic mass is 15.1. The number of hydrogen-bond donors (Lipinski definition) is 2. The van der Waals surface area contributed by atoms with E-state index in [2.05, 4.69) is 26.1 Å². The van der Waals surface area contributed by atoms with Crippen molar-refractivity contribution in [3.8, 4) is 0 Å². The molecule has 0 radical (unpaired) electrons. The first-order valence-corrected chi connectivity index (χ1v) is 4.62. The van der Waals surface area contributed by atoms with E-state index in [0.29, 0.717) is 11.6 Å². The number of nitrogens with two attached hydrogens (primary N) is 1. The zero-order valence-corrected chi connectivity index (χ0v) is 7.85. The minimum absolute atomic E-state index is 0.301. The van der Waals surface area contributed by atoms with E-state index >= 15 is 0 Å². The predicted octanol–water partition coefficient (Wildman–Crippen LogP) is 1.11. The van der Waals surface area contributed by atoms with Crippen molar-refractivity contribution in [2.24, 2.45) is 11.7 Å². The summed E-state index contributed by atoms with van der Waals surface area (Å²) in [5.41, 5.74) is 6.00. The molecule has 1 rings (SSSR count). The van der Waals surface area contributed by atoms with Crippen LogP contribution in [0.2, 0.25) is 0 Å². The first-order valence-electron chi connectivity index (χ1n) is 4.62. The maximum Gasteiger partial charge on any atom is 0.0335 e. The van der Waals surface area contributed by atoms with Crippen molar-refractivity contribution in [3.05, 3.63) is 0 Å². The summed E-state index contributed by atoms with van der Waals surface area (Å²) in [6.45, 7) is 7.48. The molecule has 3 N–H and O–H groups in total. The molecule has 0 aromatic heterocycles. The zero-order valence-electron chi connectivity index (χ0n) is 7.85. The molecule has 11 heavy (non-hydrogen) atoms. The van der Waals surface area contributed by atoms with Gasteiger partial charge in [-0.05, 0) is 25.7 Å². The fraction of sp³-hybridized carbons (Fsp3) is 1.00. The molecule has 0 saturated heterocycles. The van der Waals surface area contributed by atoms with E-state index < -0.39 is 0 Å². The van der Waals surface area contributed by atoms with Gasteiger partial charge in [-0.3, -0.25) is 0 Å². The predicted molar refractivity (Wildman–Crippen MR) is 48.5 cm³/mol. The van der Waals surface area contributed by atoms with E-state index in [1.54, 1.807) is 0 Å². The molecule has 0 aliphatic heterocycles. The Bertz CT molecular complexity index is 132. The molecule has 3 unspecified atom stereocenters. The maximum atomic E-state index is 5.70. The maximum absolute atomic E-state index is 5.70. The van der Waals surface area contributed by atoms with Gasteiger partial charge >= 0.3 is 0 Å². The monoisotopic (exact) mass is 156 g/mol. The van der Waals surface area contributed by atoms with Crippen molar-refractivity contribution in [2.45, 2.75) is 45.2 Å². The van der Waals surface area contributed by atoms with Crippen LogP contribution in [0.25, 0.3) is 0 Å². The van der Waals surface area contributed by atoms with E-state index in [4.69, 9.17) is 5.73 Å².